The number of hydrogen-bond donors (Lipinski definition) is 16. The van der Waals surface area contributed by atoms with Crippen LogP contribution in [0.3, 0.4) is 0 Å². The molecule has 0 aliphatic carbocycles. The molecule has 646 valence electrons. The SMILES string of the molecule is COC(=O)N(C)c1c(N)nc(C(=N)c2cccnc2NCc2ccccc2F)nc1N.[2H]C([2H])(Nc1ncccc1C(=N)c1nc(N)c(N(C)C(=O)OC)c(N)n1)c1ccccc1F.[2H]C([2H])(Nc1ncccc1C(=N)c1nc(N)c(N(C)C(=O)OC)c(N)n1)c1ccccc1F.[2H]c1c([2H])c(F)c(CNc2ncccc2C(=N)c2nc(N)c(N(C)C(=O)OC)c(N)n2)c([2H])c1C. The van der Waals surface area contributed by atoms with Gasteiger partial charge in [-0.3, -0.25) is 41.2 Å². The molecule has 0 aliphatic rings. The minimum absolute atomic E-state index is 0.0128. The first-order valence-electron chi connectivity index (χ1n) is 39.6. The molecule has 0 saturated heterocycles. The Morgan fingerprint density at radius 2 is 0.600 bits per heavy atom. The van der Waals surface area contributed by atoms with Crippen LogP contribution in [0.15, 0.2) is 164 Å². The van der Waals surface area contributed by atoms with E-state index in [-0.39, 0.29) is 203 Å². The highest BCUT2D eigenvalue weighted by Crippen LogP contribution is 2.34. The predicted molar refractivity (Wildman–Crippen MR) is 467 cm³/mol. The van der Waals surface area contributed by atoms with Crippen LogP contribution in [0.25, 0.3) is 0 Å². The van der Waals surface area contributed by atoms with Gasteiger partial charge in [0, 0.05) is 124 Å². The van der Waals surface area contributed by atoms with Gasteiger partial charge in [-0.15, -0.1) is 0 Å². The van der Waals surface area contributed by atoms with Crippen molar-refractivity contribution < 1.29 is 65.3 Å². The molecule has 4 aromatic carbocycles. The van der Waals surface area contributed by atoms with Crippen molar-refractivity contribution >= 4 is 140 Å². The van der Waals surface area contributed by atoms with E-state index in [0.717, 1.165) is 31.7 Å². The molecule has 40 nitrogen and oxygen atoms in total. The van der Waals surface area contributed by atoms with E-state index in [2.05, 4.69) is 100 Å². The van der Waals surface area contributed by atoms with Crippen molar-refractivity contribution in [2.24, 2.45) is 0 Å². The number of nitrogen functional groups attached to an aromatic ring is 8. The molecular formula is C81H86F4N32O8. The zero-order chi connectivity index (χ0) is 97.2. The number of nitrogens with one attached hydrogen (secondary N) is 8. The summed E-state index contributed by atoms with van der Waals surface area (Å²) in [6.45, 7) is -3.27. The maximum atomic E-state index is 14.6. The Morgan fingerprint density at radius 1 is 0.360 bits per heavy atom. The molecule has 44 heteroatoms. The Kier molecular flexibility index (Phi) is 27.4. The van der Waals surface area contributed by atoms with Crippen molar-refractivity contribution in [3.05, 3.63) is 261 Å². The number of pyridine rings is 4. The third-order valence-corrected chi connectivity index (χ3v) is 17.3. The molecule has 0 unspecified atom stereocenters. The second-order valence-electron chi connectivity index (χ2n) is 25.4. The largest absolute Gasteiger partial charge is 0.452 e. The number of anilines is 16. The summed E-state index contributed by atoms with van der Waals surface area (Å²) in [5.41, 5.74) is 47.9. The molecule has 0 spiro atoms. The number of benzene rings is 4. The predicted octanol–water partition coefficient (Wildman–Crippen LogP) is 9.93. The maximum absolute atomic E-state index is 14.6. The summed E-state index contributed by atoms with van der Waals surface area (Å²) in [7, 11) is 10.3. The van der Waals surface area contributed by atoms with E-state index in [9.17, 15) is 36.7 Å². The monoisotopic (exact) mass is 1720 g/mol. The average molecular weight is 1720 g/mol. The summed E-state index contributed by atoms with van der Waals surface area (Å²) in [4.78, 5) is 101. The third kappa shape index (κ3) is 22.4. The molecule has 0 fully saturated rings. The maximum Gasteiger partial charge on any atom is 0.413 e. The van der Waals surface area contributed by atoms with Gasteiger partial charge in [0.2, 0.25) is 0 Å². The molecule has 24 N–H and O–H groups in total. The van der Waals surface area contributed by atoms with Crippen LogP contribution < -0.4 is 86.7 Å². The molecule has 4 amide bonds. The molecule has 125 heavy (non-hydrogen) atoms. The third-order valence-electron chi connectivity index (χ3n) is 17.3. The fourth-order valence-corrected chi connectivity index (χ4v) is 11.1. The second kappa shape index (κ2) is 42.0. The average Bonchev–Trinajstić information content (AvgIpc) is 0.793. The van der Waals surface area contributed by atoms with Crippen LogP contribution in [0.4, 0.5) is 129 Å². The number of carbonyl (C=O) groups is 4. The molecule has 0 saturated carbocycles. The van der Waals surface area contributed by atoms with Gasteiger partial charge in [-0.2, -0.15) is 0 Å². The summed E-state index contributed by atoms with van der Waals surface area (Å²) in [6, 6.07) is 28.4. The van der Waals surface area contributed by atoms with E-state index >= 15 is 0 Å². The topological polar surface area (TPSA) is 625 Å². The summed E-state index contributed by atoms with van der Waals surface area (Å²) in [6.07, 6.45) is 2.84. The Balaban J connectivity index is 0.000000198. The van der Waals surface area contributed by atoms with E-state index in [4.69, 9.17) is 77.1 Å². The van der Waals surface area contributed by atoms with Gasteiger partial charge in [0.1, 0.15) is 92.1 Å². The number of amides is 4. The Morgan fingerprint density at radius 3 is 0.856 bits per heavy atom. The Labute approximate surface area is 721 Å². The van der Waals surface area contributed by atoms with Crippen molar-refractivity contribution in [2.75, 3.05) is 143 Å². The van der Waals surface area contributed by atoms with Gasteiger partial charge >= 0.3 is 24.4 Å². The highest BCUT2D eigenvalue weighted by atomic mass is 19.1. The van der Waals surface area contributed by atoms with Gasteiger partial charge in [-0.25, -0.2) is 96.5 Å². The van der Waals surface area contributed by atoms with E-state index < -0.39 is 60.9 Å². The van der Waals surface area contributed by atoms with Gasteiger partial charge in [0.05, 0.1) is 38.0 Å². The highest BCUT2D eigenvalue weighted by molar-refractivity contribution is 6.15. The van der Waals surface area contributed by atoms with Crippen molar-refractivity contribution in [1.29, 1.82) is 21.6 Å². The van der Waals surface area contributed by atoms with Crippen molar-refractivity contribution in [1.82, 2.24) is 59.8 Å². The van der Waals surface area contributed by atoms with E-state index in [1.165, 1.54) is 149 Å². The molecule has 8 heterocycles. The van der Waals surface area contributed by atoms with Crippen molar-refractivity contribution in [2.45, 2.75) is 33.0 Å². The lowest BCUT2D eigenvalue weighted by molar-refractivity contribution is 0.179. The Bertz CT molecular complexity index is 6130. The van der Waals surface area contributed by atoms with Gasteiger partial charge in [0.25, 0.3) is 0 Å². The first kappa shape index (κ1) is 81.6. The van der Waals surface area contributed by atoms with Crippen LogP contribution in [-0.4, -0.2) is 164 Å². The van der Waals surface area contributed by atoms with Crippen molar-refractivity contribution in [3.63, 3.8) is 0 Å². The summed E-state index contributed by atoms with van der Waals surface area (Å²) < 4.78 is 132. The molecule has 0 bridgehead atoms. The van der Waals surface area contributed by atoms with Crippen LogP contribution in [0.2, 0.25) is 0 Å². The quantitative estimate of drug-likeness (QED) is 0.0152. The van der Waals surface area contributed by atoms with Crippen LogP contribution in [0, 0.1) is 51.8 Å². The number of rotatable bonds is 24. The summed E-state index contributed by atoms with van der Waals surface area (Å²) in [5.74, 6) is -4.15. The Hall–Kier alpha value is -17.1. The van der Waals surface area contributed by atoms with Crippen LogP contribution in [0.1, 0.15) is 83.0 Å². The standard InChI is InChI=1S/C21H23FN8O2.3C20H21FN8O2/c1-11-6-7-14(22)12(9-11)10-27-19-13(5-4-8-26-19)15(23)20-28-17(24)16(18(25)29-20)30(2)21(31)32-3;3*1-29(20(30)31-2)15-16(23)27-19(28-17(15)24)14(22)12-7-5-9-25-18(12)26-10-11-6-3-4-8-13(11)21/h4-9,23H,10H2,1-3H3,(H,26,27)(H4,24,25,28,29);3*3-9,22H,10H2,1-2H3,(H,25,26)(H4,23,24,27,28)/i6D,7D,9D;2*10D2;. The zero-order valence-corrected chi connectivity index (χ0v) is 67.8. The molecule has 0 radical (unpaired) electrons. The van der Waals surface area contributed by atoms with Gasteiger partial charge in [0.15, 0.2) is 69.8 Å². The van der Waals surface area contributed by atoms with Crippen molar-refractivity contribution in [3.8, 4) is 0 Å². The lowest BCUT2D eigenvalue weighted by Gasteiger charge is -2.19. The molecule has 12 aromatic rings. The number of halogens is 4. The minimum Gasteiger partial charge on any atom is -0.452 e. The summed E-state index contributed by atoms with van der Waals surface area (Å²) >= 11 is 0. The van der Waals surface area contributed by atoms with Gasteiger partial charge in [-0.1, -0.05) is 72.2 Å². The van der Waals surface area contributed by atoms with Gasteiger partial charge in [-0.05, 0) is 79.7 Å². The number of methoxy groups -OCH3 is 4. The second-order valence-corrected chi connectivity index (χ2v) is 25.4. The van der Waals surface area contributed by atoms with E-state index in [0.29, 0.717) is 16.9 Å². The smallest absolute Gasteiger partial charge is 0.413 e. The minimum atomic E-state index is -2.35. The number of nitrogens with zero attached hydrogens (tertiary/aromatic N) is 16. The summed E-state index contributed by atoms with van der Waals surface area (Å²) in [5, 5.41) is 45.2. The fraction of sp³-hybridized carbons (Fsp3) is 0.160. The lowest BCUT2D eigenvalue weighted by atomic mass is 10.1. The number of ether oxygens (including phenoxy) is 4. The first-order chi connectivity index (χ1) is 62.4. The van der Waals surface area contributed by atoms with E-state index in [1.807, 2.05) is 0 Å². The number of aromatic nitrogens is 12. The first-order valence-corrected chi connectivity index (χ1v) is 36.1. The molecule has 12 rings (SSSR count). The molecule has 0 atom stereocenters. The van der Waals surface area contributed by atoms with Crippen LogP contribution in [-0.2, 0) is 45.0 Å². The molecular weight excluding hydrogens is 1630 g/mol. The number of carbonyl (C=O) groups excluding carboxylic acids is 4. The highest BCUT2D eigenvalue weighted by Gasteiger charge is 2.29. The normalized spacial score (nSPS) is 11.5. The lowest BCUT2D eigenvalue weighted by Crippen LogP contribution is -2.29. The fourth-order valence-electron chi connectivity index (χ4n) is 11.1. The van der Waals surface area contributed by atoms with Crippen LogP contribution in [0.5, 0.6) is 0 Å². The molecule has 0 aliphatic heterocycles. The number of hydrogen-bond acceptors (Lipinski definition) is 36. The zero-order valence-electron chi connectivity index (χ0n) is 74.8. The van der Waals surface area contributed by atoms with Gasteiger partial charge < -0.3 is 86.1 Å². The number of nitrogens with two attached hydrogens (primary N) is 8. The van der Waals surface area contributed by atoms with E-state index in [1.54, 1.807) is 48.7 Å². The molecule has 8 aromatic heterocycles. The van der Waals surface area contributed by atoms with Crippen LogP contribution >= 0.6 is 0 Å².